The molecule has 154 valence electrons. The van der Waals surface area contributed by atoms with Crippen molar-refractivity contribution < 1.29 is 4.42 Å². The van der Waals surface area contributed by atoms with Gasteiger partial charge in [0.1, 0.15) is 0 Å². The van der Waals surface area contributed by atoms with Crippen LogP contribution in [0.4, 0.5) is 11.9 Å². The maximum absolute atomic E-state index is 6.08. The van der Waals surface area contributed by atoms with E-state index in [-0.39, 0.29) is 5.95 Å². The Morgan fingerprint density at radius 3 is 2.93 bits per heavy atom. The summed E-state index contributed by atoms with van der Waals surface area (Å²) in [5.74, 6) is 2.03. The average Bonchev–Trinajstić information content (AvgIpc) is 3.44. The summed E-state index contributed by atoms with van der Waals surface area (Å²) in [5.41, 5.74) is 7.17. The quantitative estimate of drug-likeness (QED) is 0.497. The van der Waals surface area contributed by atoms with Crippen LogP contribution in [0, 0.1) is 0 Å². The molecule has 1 unspecified atom stereocenters. The third-order valence-corrected chi connectivity index (χ3v) is 5.31. The van der Waals surface area contributed by atoms with E-state index >= 15 is 0 Å². The standard InChI is InChI=1S/C20H23N9O/c21-18-25-19(26-20-24-17(27-29(18)20)16-8-5-11-30-16)23-12-15-7-2-4-10-28(15)13-14-6-1-3-9-22-14/h1,3,5-6,8-9,11,15H,2,4,7,10,12-13H2,(H3,21,23,24,25,26,27). The number of fused-ring (bicyclic) bond motifs is 1. The van der Waals surface area contributed by atoms with Crippen molar-refractivity contribution in [1.82, 2.24) is 34.4 Å². The monoisotopic (exact) mass is 405 g/mol. The highest BCUT2D eigenvalue weighted by molar-refractivity contribution is 5.52. The Balaban J connectivity index is 1.31. The van der Waals surface area contributed by atoms with E-state index in [0.29, 0.717) is 29.4 Å². The second-order valence-corrected chi connectivity index (χ2v) is 7.35. The van der Waals surface area contributed by atoms with E-state index in [9.17, 15) is 0 Å². The number of anilines is 2. The molecule has 0 aromatic carbocycles. The number of hydrogen-bond donors (Lipinski definition) is 2. The molecule has 5 heterocycles. The number of likely N-dealkylation sites (tertiary alicyclic amines) is 1. The van der Waals surface area contributed by atoms with E-state index in [1.165, 1.54) is 17.4 Å². The molecule has 0 bridgehead atoms. The van der Waals surface area contributed by atoms with Gasteiger partial charge in [-0.1, -0.05) is 12.5 Å². The number of hydrogen-bond acceptors (Lipinski definition) is 9. The number of pyridine rings is 1. The summed E-state index contributed by atoms with van der Waals surface area (Å²) in [6.07, 6.45) is 6.95. The molecule has 1 aliphatic rings. The van der Waals surface area contributed by atoms with Crippen LogP contribution in [0.25, 0.3) is 17.4 Å². The summed E-state index contributed by atoms with van der Waals surface area (Å²) in [7, 11) is 0. The van der Waals surface area contributed by atoms with Crippen molar-refractivity contribution in [2.45, 2.75) is 31.8 Å². The van der Waals surface area contributed by atoms with Gasteiger partial charge in [-0.2, -0.15) is 19.5 Å². The Morgan fingerprint density at radius 2 is 2.10 bits per heavy atom. The molecule has 0 aliphatic carbocycles. The molecule has 0 saturated carbocycles. The summed E-state index contributed by atoms with van der Waals surface area (Å²) in [5, 5.41) is 7.66. The zero-order valence-corrected chi connectivity index (χ0v) is 16.5. The maximum atomic E-state index is 6.08. The van der Waals surface area contributed by atoms with Gasteiger partial charge in [0.15, 0.2) is 5.76 Å². The van der Waals surface area contributed by atoms with Crippen LogP contribution in [0.3, 0.4) is 0 Å². The van der Waals surface area contributed by atoms with Crippen LogP contribution in [-0.2, 0) is 6.54 Å². The Morgan fingerprint density at radius 1 is 1.13 bits per heavy atom. The van der Waals surface area contributed by atoms with Gasteiger partial charge in [-0.3, -0.25) is 9.88 Å². The number of nitrogens with zero attached hydrogens (tertiary/aromatic N) is 7. The number of rotatable bonds is 6. The first kappa shape index (κ1) is 18.5. The maximum Gasteiger partial charge on any atom is 0.259 e. The lowest BCUT2D eigenvalue weighted by atomic mass is 10.0. The Bertz CT molecular complexity index is 1110. The normalized spacial score (nSPS) is 17.4. The predicted molar refractivity (Wildman–Crippen MR) is 111 cm³/mol. The molecule has 30 heavy (non-hydrogen) atoms. The minimum atomic E-state index is 0.224. The zero-order chi connectivity index (χ0) is 20.3. The zero-order valence-electron chi connectivity index (χ0n) is 16.5. The highest BCUT2D eigenvalue weighted by Gasteiger charge is 2.23. The van der Waals surface area contributed by atoms with Crippen LogP contribution >= 0.6 is 0 Å². The van der Waals surface area contributed by atoms with E-state index in [4.69, 9.17) is 10.2 Å². The van der Waals surface area contributed by atoms with Crippen molar-refractivity contribution in [3.05, 3.63) is 48.5 Å². The van der Waals surface area contributed by atoms with Gasteiger partial charge in [0, 0.05) is 25.3 Å². The van der Waals surface area contributed by atoms with Crippen molar-refractivity contribution in [2.75, 3.05) is 24.1 Å². The van der Waals surface area contributed by atoms with Gasteiger partial charge in [0.05, 0.1) is 12.0 Å². The smallest absolute Gasteiger partial charge is 0.259 e. The second kappa shape index (κ2) is 8.07. The molecule has 0 amide bonds. The largest absolute Gasteiger partial charge is 0.461 e. The molecule has 1 fully saturated rings. The van der Waals surface area contributed by atoms with E-state index < -0.39 is 0 Å². The lowest BCUT2D eigenvalue weighted by Gasteiger charge is -2.35. The first-order valence-corrected chi connectivity index (χ1v) is 10.1. The van der Waals surface area contributed by atoms with E-state index in [0.717, 1.165) is 31.7 Å². The van der Waals surface area contributed by atoms with Crippen LogP contribution < -0.4 is 11.1 Å². The molecule has 10 nitrogen and oxygen atoms in total. The van der Waals surface area contributed by atoms with Gasteiger partial charge in [-0.25, -0.2) is 0 Å². The third-order valence-electron chi connectivity index (χ3n) is 5.31. The Hall–Kier alpha value is -3.53. The molecule has 5 rings (SSSR count). The molecule has 0 radical (unpaired) electrons. The van der Waals surface area contributed by atoms with Crippen molar-refractivity contribution in [3.8, 4) is 11.6 Å². The van der Waals surface area contributed by atoms with Crippen LogP contribution in [-0.4, -0.2) is 53.6 Å². The highest BCUT2D eigenvalue weighted by Crippen LogP contribution is 2.21. The molecule has 3 N–H and O–H groups in total. The first-order valence-electron chi connectivity index (χ1n) is 10.1. The minimum Gasteiger partial charge on any atom is -0.461 e. The predicted octanol–water partition coefficient (Wildman–Crippen LogP) is 2.22. The number of piperidine rings is 1. The van der Waals surface area contributed by atoms with Gasteiger partial charge in [0.25, 0.3) is 5.78 Å². The number of nitrogens with two attached hydrogens (primary N) is 1. The van der Waals surface area contributed by atoms with Crippen LogP contribution in [0.2, 0.25) is 0 Å². The van der Waals surface area contributed by atoms with Gasteiger partial charge in [0.2, 0.25) is 17.7 Å². The SMILES string of the molecule is Nc1nc(NCC2CCCCN2Cc2ccccn2)nc2nc(-c3ccco3)nn12. The summed E-state index contributed by atoms with van der Waals surface area (Å²) < 4.78 is 6.77. The number of aromatic nitrogens is 6. The second-order valence-electron chi connectivity index (χ2n) is 7.35. The van der Waals surface area contributed by atoms with E-state index in [1.54, 1.807) is 18.4 Å². The first-order chi connectivity index (χ1) is 14.8. The van der Waals surface area contributed by atoms with E-state index in [1.807, 2.05) is 18.3 Å². The summed E-state index contributed by atoms with van der Waals surface area (Å²) in [4.78, 5) is 20.2. The van der Waals surface area contributed by atoms with Crippen LogP contribution in [0.5, 0.6) is 0 Å². The van der Waals surface area contributed by atoms with Crippen LogP contribution in [0.1, 0.15) is 25.0 Å². The summed E-state index contributed by atoms with van der Waals surface area (Å²) in [6, 6.07) is 9.98. The average molecular weight is 405 g/mol. The topological polar surface area (TPSA) is 123 Å². The lowest BCUT2D eigenvalue weighted by molar-refractivity contribution is 0.146. The summed E-state index contributed by atoms with van der Waals surface area (Å²) in [6.45, 7) is 2.62. The number of furan rings is 1. The van der Waals surface area contributed by atoms with Gasteiger partial charge < -0.3 is 15.5 Å². The molecule has 10 heteroatoms. The number of nitrogens with one attached hydrogen (secondary N) is 1. The fourth-order valence-corrected chi connectivity index (χ4v) is 3.80. The van der Waals surface area contributed by atoms with Crippen molar-refractivity contribution in [3.63, 3.8) is 0 Å². The molecule has 4 aromatic rings. The van der Waals surface area contributed by atoms with Gasteiger partial charge >= 0.3 is 0 Å². The third kappa shape index (κ3) is 3.81. The van der Waals surface area contributed by atoms with Gasteiger partial charge in [-0.15, -0.1) is 5.10 Å². The van der Waals surface area contributed by atoms with Crippen molar-refractivity contribution in [2.24, 2.45) is 0 Å². The fraction of sp³-hybridized carbons (Fsp3) is 0.350. The van der Waals surface area contributed by atoms with Gasteiger partial charge in [-0.05, 0) is 43.7 Å². The Labute approximate surface area is 173 Å². The van der Waals surface area contributed by atoms with Crippen molar-refractivity contribution in [1.29, 1.82) is 0 Å². The molecule has 1 atom stereocenters. The molecule has 1 aliphatic heterocycles. The molecule has 0 spiro atoms. The molecule has 1 saturated heterocycles. The lowest BCUT2D eigenvalue weighted by Crippen LogP contribution is -2.43. The Kier molecular flexibility index (Phi) is 4.98. The minimum absolute atomic E-state index is 0.224. The molecular weight excluding hydrogens is 382 g/mol. The molecule has 4 aromatic heterocycles. The number of nitrogen functional groups attached to an aromatic ring is 1. The highest BCUT2D eigenvalue weighted by atomic mass is 16.3. The van der Waals surface area contributed by atoms with Crippen LogP contribution in [0.15, 0.2) is 47.2 Å². The van der Waals surface area contributed by atoms with Crippen molar-refractivity contribution >= 4 is 17.7 Å². The molecular formula is C20H23N9O. The summed E-state index contributed by atoms with van der Waals surface area (Å²) >= 11 is 0. The fourth-order valence-electron chi connectivity index (χ4n) is 3.80. The van der Waals surface area contributed by atoms with E-state index in [2.05, 4.69) is 41.3 Å².